The molecular formula is C16H18F3NO2S. The quantitative estimate of drug-likeness (QED) is 0.803. The number of benzene rings is 1. The normalized spacial score (nSPS) is 20.8. The highest BCUT2D eigenvalue weighted by Crippen LogP contribution is 2.47. The molecule has 1 aliphatic rings. The molecule has 7 heteroatoms. The zero-order valence-electron chi connectivity index (χ0n) is 12.9. The predicted molar refractivity (Wildman–Crippen MR) is 83.5 cm³/mol. The third-order valence-corrected chi connectivity index (χ3v) is 5.08. The molecule has 126 valence electrons. The Hall–Kier alpha value is -1.63. The number of thioether (sulfide) groups is 1. The van der Waals surface area contributed by atoms with E-state index >= 15 is 0 Å². The van der Waals surface area contributed by atoms with E-state index in [1.807, 2.05) is 6.92 Å². The first kappa shape index (κ1) is 17.7. The van der Waals surface area contributed by atoms with Gasteiger partial charge in [-0.2, -0.15) is 13.2 Å². The summed E-state index contributed by atoms with van der Waals surface area (Å²) in [5, 5.41) is 3.16. The van der Waals surface area contributed by atoms with Crippen LogP contribution in [0.2, 0.25) is 0 Å². The van der Waals surface area contributed by atoms with E-state index < -0.39 is 22.6 Å². The summed E-state index contributed by atoms with van der Waals surface area (Å²) in [5.74, 6) is -0.451. The number of halogens is 3. The zero-order valence-corrected chi connectivity index (χ0v) is 13.7. The molecule has 1 N–H and O–H groups in total. The second-order valence-corrected chi connectivity index (χ2v) is 6.59. The molecule has 0 radical (unpaired) electrons. The number of carbonyl (C=O) groups excluding carboxylic acids is 1. The van der Waals surface area contributed by atoms with Gasteiger partial charge in [0.2, 0.25) is 0 Å². The fourth-order valence-electron chi connectivity index (χ4n) is 2.39. The molecule has 1 aromatic rings. The van der Waals surface area contributed by atoms with E-state index in [-0.39, 0.29) is 0 Å². The second kappa shape index (κ2) is 6.86. The monoisotopic (exact) mass is 345 g/mol. The maximum absolute atomic E-state index is 12.7. The minimum atomic E-state index is -4.36. The zero-order chi connectivity index (χ0) is 17.1. The molecule has 0 saturated carbocycles. The molecule has 0 saturated heterocycles. The minimum Gasteiger partial charge on any atom is -0.465 e. The Balaban J connectivity index is 2.28. The third-order valence-electron chi connectivity index (χ3n) is 3.67. The summed E-state index contributed by atoms with van der Waals surface area (Å²) in [4.78, 5) is 11.5. The molecule has 1 heterocycles. The van der Waals surface area contributed by atoms with Crippen molar-refractivity contribution < 1.29 is 22.7 Å². The Morgan fingerprint density at radius 2 is 1.96 bits per heavy atom. The van der Waals surface area contributed by atoms with E-state index in [1.54, 1.807) is 6.20 Å². The van der Waals surface area contributed by atoms with Crippen LogP contribution < -0.4 is 5.32 Å². The summed E-state index contributed by atoms with van der Waals surface area (Å²) >= 11 is 1.29. The molecule has 2 rings (SSSR count). The van der Waals surface area contributed by atoms with Crippen LogP contribution >= 0.6 is 11.8 Å². The van der Waals surface area contributed by atoms with E-state index in [4.69, 9.17) is 4.74 Å². The van der Waals surface area contributed by atoms with Crippen molar-refractivity contribution in [2.24, 2.45) is 0 Å². The summed E-state index contributed by atoms with van der Waals surface area (Å²) in [7, 11) is 1.30. The number of ether oxygens (including phenoxy) is 1. The Labute approximate surface area is 137 Å². The van der Waals surface area contributed by atoms with E-state index in [9.17, 15) is 18.0 Å². The van der Waals surface area contributed by atoms with E-state index in [0.29, 0.717) is 16.9 Å². The molecule has 1 aromatic carbocycles. The molecule has 1 aliphatic heterocycles. The van der Waals surface area contributed by atoms with Crippen LogP contribution in [0.5, 0.6) is 0 Å². The van der Waals surface area contributed by atoms with Crippen LogP contribution in [-0.2, 0) is 20.6 Å². The van der Waals surface area contributed by atoms with Gasteiger partial charge in [-0.25, -0.2) is 4.79 Å². The van der Waals surface area contributed by atoms with Gasteiger partial charge >= 0.3 is 12.1 Å². The summed E-state index contributed by atoms with van der Waals surface area (Å²) in [6, 6.07) is 5.07. The number of carbonyl (C=O) groups is 1. The van der Waals surface area contributed by atoms with Gasteiger partial charge in [0.1, 0.15) is 9.78 Å². The van der Waals surface area contributed by atoms with Gasteiger partial charge in [0, 0.05) is 6.20 Å². The van der Waals surface area contributed by atoms with Crippen LogP contribution in [-0.4, -0.2) is 13.1 Å². The largest absolute Gasteiger partial charge is 0.465 e. The molecule has 1 unspecified atom stereocenters. The van der Waals surface area contributed by atoms with Gasteiger partial charge in [-0.05, 0) is 24.1 Å². The van der Waals surface area contributed by atoms with Crippen molar-refractivity contribution in [2.45, 2.75) is 37.2 Å². The summed E-state index contributed by atoms with van der Waals surface area (Å²) < 4.78 is 42.9. The number of alkyl halides is 3. The van der Waals surface area contributed by atoms with E-state index in [1.165, 1.54) is 31.0 Å². The highest BCUT2D eigenvalue weighted by atomic mass is 32.2. The van der Waals surface area contributed by atoms with E-state index in [0.717, 1.165) is 25.0 Å². The standard InChI is InChI=1S/C16H18F3NO2S/c1-3-4-9-15(20-10-13(23-15)14(21)22-2)11-5-7-12(8-6-11)16(17,18)19/h5-8,10,20H,3-4,9H2,1-2H3. The van der Waals surface area contributed by atoms with Gasteiger partial charge in [0.25, 0.3) is 0 Å². The molecular weight excluding hydrogens is 327 g/mol. The van der Waals surface area contributed by atoms with Crippen LogP contribution in [0.3, 0.4) is 0 Å². The minimum absolute atomic E-state index is 0.420. The topological polar surface area (TPSA) is 38.3 Å². The number of hydrogen-bond donors (Lipinski definition) is 1. The fraction of sp³-hybridized carbons (Fsp3) is 0.438. The molecule has 0 aliphatic carbocycles. The van der Waals surface area contributed by atoms with Crippen LogP contribution in [0.4, 0.5) is 13.2 Å². The molecule has 0 fully saturated rings. The Kier molecular flexibility index (Phi) is 5.29. The number of hydrogen-bond acceptors (Lipinski definition) is 4. The van der Waals surface area contributed by atoms with E-state index in [2.05, 4.69) is 5.32 Å². The smallest absolute Gasteiger partial charge is 0.416 e. The van der Waals surface area contributed by atoms with Crippen LogP contribution in [0.1, 0.15) is 37.3 Å². The average Bonchev–Trinajstić information content (AvgIpc) is 2.97. The predicted octanol–water partition coefficient (Wildman–Crippen LogP) is 4.40. The number of esters is 1. The van der Waals surface area contributed by atoms with Gasteiger partial charge in [-0.1, -0.05) is 43.7 Å². The van der Waals surface area contributed by atoms with Gasteiger partial charge < -0.3 is 10.1 Å². The Morgan fingerprint density at radius 1 is 1.30 bits per heavy atom. The first-order valence-electron chi connectivity index (χ1n) is 7.25. The summed E-state index contributed by atoms with van der Waals surface area (Å²) in [5.41, 5.74) is 0.0233. The van der Waals surface area contributed by atoms with Crippen molar-refractivity contribution in [3.63, 3.8) is 0 Å². The number of unbranched alkanes of at least 4 members (excludes halogenated alkanes) is 1. The molecule has 1 atom stereocenters. The maximum atomic E-state index is 12.7. The van der Waals surface area contributed by atoms with Gasteiger partial charge in [-0.15, -0.1) is 0 Å². The molecule has 3 nitrogen and oxygen atoms in total. The van der Waals surface area contributed by atoms with Crippen molar-refractivity contribution in [1.29, 1.82) is 0 Å². The SMILES string of the molecule is CCCCC1(c2ccc(C(F)(F)F)cc2)NC=C(C(=O)OC)S1. The number of rotatable bonds is 5. The molecule has 0 spiro atoms. The molecule has 0 amide bonds. The summed E-state index contributed by atoms with van der Waals surface area (Å²) in [6.07, 6.45) is -0.275. The molecule has 0 aromatic heterocycles. The highest BCUT2D eigenvalue weighted by Gasteiger charge is 2.40. The molecule has 23 heavy (non-hydrogen) atoms. The second-order valence-electron chi connectivity index (χ2n) is 5.25. The van der Waals surface area contributed by atoms with Crippen LogP contribution in [0.15, 0.2) is 35.4 Å². The number of nitrogens with one attached hydrogen (secondary N) is 1. The first-order chi connectivity index (χ1) is 10.8. The first-order valence-corrected chi connectivity index (χ1v) is 8.07. The number of methoxy groups -OCH3 is 1. The van der Waals surface area contributed by atoms with Gasteiger partial charge in [0.15, 0.2) is 0 Å². The third kappa shape index (κ3) is 3.83. The Morgan fingerprint density at radius 3 is 2.48 bits per heavy atom. The van der Waals surface area contributed by atoms with Crippen molar-refractivity contribution >= 4 is 17.7 Å². The molecule has 0 bridgehead atoms. The Bertz CT molecular complexity index is 598. The lowest BCUT2D eigenvalue weighted by Gasteiger charge is -2.30. The lowest BCUT2D eigenvalue weighted by Crippen LogP contribution is -2.32. The lowest BCUT2D eigenvalue weighted by molar-refractivity contribution is -0.137. The highest BCUT2D eigenvalue weighted by molar-refractivity contribution is 8.05. The lowest BCUT2D eigenvalue weighted by atomic mass is 9.99. The van der Waals surface area contributed by atoms with Gasteiger partial charge in [0.05, 0.1) is 12.7 Å². The summed E-state index contributed by atoms with van der Waals surface area (Å²) in [6.45, 7) is 2.04. The van der Waals surface area contributed by atoms with Gasteiger partial charge in [-0.3, -0.25) is 0 Å². The average molecular weight is 345 g/mol. The maximum Gasteiger partial charge on any atom is 0.416 e. The fourth-order valence-corrected chi connectivity index (χ4v) is 3.67. The van der Waals surface area contributed by atoms with Crippen molar-refractivity contribution in [1.82, 2.24) is 5.32 Å². The van der Waals surface area contributed by atoms with Crippen molar-refractivity contribution in [3.05, 3.63) is 46.5 Å². The van der Waals surface area contributed by atoms with Crippen molar-refractivity contribution in [3.8, 4) is 0 Å². The van der Waals surface area contributed by atoms with Crippen LogP contribution in [0.25, 0.3) is 0 Å². The van der Waals surface area contributed by atoms with Crippen molar-refractivity contribution in [2.75, 3.05) is 7.11 Å². The van der Waals surface area contributed by atoms with Crippen LogP contribution in [0, 0.1) is 0 Å².